The quantitative estimate of drug-likeness (QED) is 0.927. The predicted molar refractivity (Wildman–Crippen MR) is 79.5 cm³/mol. The highest BCUT2D eigenvalue weighted by Gasteiger charge is 2.11. The number of aryl methyl sites for hydroxylation is 3. The number of aromatic nitrogens is 2. The molecule has 3 rings (SSSR count). The largest absolute Gasteiger partial charge is 0.396 e. The molecule has 104 valence electrons. The van der Waals surface area contributed by atoms with Crippen molar-refractivity contribution < 1.29 is 5.11 Å². The molecular weight excluding hydrogens is 248 g/mol. The first kappa shape index (κ1) is 13.3. The van der Waals surface area contributed by atoms with Crippen LogP contribution in [0.5, 0.6) is 0 Å². The van der Waals surface area contributed by atoms with Gasteiger partial charge in [0.1, 0.15) is 5.82 Å². The molecule has 1 aliphatic rings. The standard InChI is InChI=1S/C17H20N2O/c20-11-3-6-17-18-10-9-16(19-17)15-8-7-13-4-1-2-5-14(13)12-15/h7-10,12,20H,1-6,11H2. The Balaban J connectivity index is 1.88. The van der Waals surface area contributed by atoms with E-state index >= 15 is 0 Å². The minimum absolute atomic E-state index is 0.187. The van der Waals surface area contributed by atoms with Crippen LogP contribution in [-0.2, 0) is 19.3 Å². The second kappa shape index (κ2) is 6.14. The fourth-order valence-corrected chi connectivity index (χ4v) is 2.81. The van der Waals surface area contributed by atoms with Gasteiger partial charge in [-0.3, -0.25) is 0 Å². The Kier molecular flexibility index (Phi) is 4.07. The molecule has 0 unspecified atom stereocenters. The molecule has 0 fully saturated rings. The number of rotatable bonds is 4. The van der Waals surface area contributed by atoms with E-state index in [4.69, 9.17) is 5.11 Å². The average molecular weight is 268 g/mol. The van der Waals surface area contributed by atoms with E-state index in [-0.39, 0.29) is 6.61 Å². The zero-order chi connectivity index (χ0) is 13.8. The molecule has 0 radical (unpaired) electrons. The van der Waals surface area contributed by atoms with Crippen molar-refractivity contribution in [2.45, 2.75) is 38.5 Å². The topological polar surface area (TPSA) is 46.0 Å². The molecule has 3 heteroatoms. The third-order valence-electron chi connectivity index (χ3n) is 3.91. The summed E-state index contributed by atoms with van der Waals surface area (Å²) < 4.78 is 0. The van der Waals surface area contributed by atoms with Crippen molar-refractivity contribution in [3.05, 3.63) is 47.4 Å². The Hall–Kier alpha value is -1.74. The Morgan fingerprint density at radius 3 is 2.75 bits per heavy atom. The van der Waals surface area contributed by atoms with Gasteiger partial charge in [0.15, 0.2) is 0 Å². The number of fused-ring (bicyclic) bond motifs is 1. The van der Waals surface area contributed by atoms with Crippen molar-refractivity contribution in [1.82, 2.24) is 9.97 Å². The number of aliphatic hydroxyl groups excluding tert-OH is 1. The minimum Gasteiger partial charge on any atom is -0.396 e. The van der Waals surface area contributed by atoms with Gasteiger partial charge in [0.2, 0.25) is 0 Å². The fourth-order valence-electron chi connectivity index (χ4n) is 2.81. The van der Waals surface area contributed by atoms with Crippen LogP contribution in [0.4, 0.5) is 0 Å². The third-order valence-corrected chi connectivity index (χ3v) is 3.91. The molecule has 0 saturated carbocycles. The lowest BCUT2D eigenvalue weighted by Crippen LogP contribution is -2.03. The molecule has 0 spiro atoms. The van der Waals surface area contributed by atoms with Crippen molar-refractivity contribution in [3.63, 3.8) is 0 Å². The molecule has 2 aromatic rings. The highest BCUT2D eigenvalue weighted by Crippen LogP contribution is 2.26. The molecule has 0 atom stereocenters. The molecule has 0 aliphatic heterocycles. The first-order chi connectivity index (χ1) is 9.86. The summed E-state index contributed by atoms with van der Waals surface area (Å²) in [7, 11) is 0. The molecule has 20 heavy (non-hydrogen) atoms. The lowest BCUT2D eigenvalue weighted by atomic mass is 9.90. The van der Waals surface area contributed by atoms with Crippen LogP contribution in [0.1, 0.15) is 36.2 Å². The summed E-state index contributed by atoms with van der Waals surface area (Å²) in [5.41, 5.74) is 5.14. The van der Waals surface area contributed by atoms with Crippen LogP contribution in [-0.4, -0.2) is 21.7 Å². The third kappa shape index (κ3) is 2.88. The normalized spacial score (nSPS) is 14.1. The molecule has 0 bridgehead atoms. The van der Waals surface area contributed by atoms with Crippen LogP contribution in [0, 0.1) is 0 Å². The van der Waals surface area contributed by atoms with Crippen molar-refractivity contribution in [1.29, 1.82) is 0 Å². The van der Waals surface area contributed by atoms with Crippen molar-refractivity contribution in [2.75, 3.05) is 6.61 Å². The lowest BCUT2D eigenvalue weighted by molar-refractivity contribution is 0.287. The Morgan fingerprint density at radius 1 is 1.05 bits per heavy atom. The van der Waals surface area contributed by atoms with Gasteiger partial charge >= 0.3 is 0 Å². The summed E-state index contributed by atoms with van der Waals surface area (Å²) >= 11 is 0. The van der Waals surface area contributed by atoms with Crippen molar-refractivity contribution in [2.24, 2.45) is 0 Å². The summed E-state index contributed by atoms with van der Waals surface area (Å²) in [6.45, 7) is 0.187. The molecule has 0 saturated heterocycles. The Morgan fingerprint density at radius 2 is 1.90 bits per heavy atom. The second-order valence-electron chi connectivity index (χ2n) is 5.38. The maximum absolute atomic E-state index is 8.89. The number of hydrogen-bond acceptors (Lipinski definition) is 3. The van der Waals surface area contributed by atoms with E-state index in [1.807, 2.05) is 12.3 Å². The lowest BCUT2D eigenvalue weighted by Gasteiger charge is -2.16. The molecule has 1 aromatic heterocycles. The van der Waals surface area contributed by atoms with Gasteiger partial charge in [0.05, 0.1) is 5.69 Å². The van der Waals surface area contributed by atoms with Gasteiger partial charge in [-0.25, -0.2) is 9.97 Å². The molecule has 1 N–H and O–H groups in total. The first-order valence-electron chi connectivity index (χ1n) is 7.42. The van der Waals surface area contributed by atoms with E-state index in [2.05, 4.69) is 28.2 Å². The number of hydrogen-bond donors (Lipinski definition) is 1. The highest BCUT2D eigenvalue weighted by atomic mass is 16.2. The fraction of sp³-hybridized carbons (Fsp3) is 0.412. The van der Waals surface area contributed by atoms with Crippen LogP contribution in [0.25, 0.3) is 11.3 Å². The van der Waals surface area contributed by atoms with Crippen LogP contribution in [0.2, 0.25) is 0 Å². The van der Waals surface area contributed by atoms with Gasteiger partial charge in [0, 0.05) is 24.8 Å². The zero-order valence-electron chi connectivity index (χ0n) is 11.7. The number of benzene rings is 1. The van der Waals surface area contributed by atoms with Gasteiger partial charge in [0.25, 0.3) is 0 Å². The van der Waals surface area contributed by atoms with Gasteiger partial charge in [-0.15, -0.1) is 0 Å². The van der Waals surface area contributed by atoms with E-state index in [1.165, 1.54) is 42.4 Å². The second-order valence-corrected chi connectivity index (χ2v) is 5.38. The van der Waals surface area contributed by atoms with E-state index in [9.17, 15) is 0 Å². The highest BCUT2D eigenvalue weighted by molar-refractivity contribution is 5.61. The van der Waals surface area contributed by atoms with E-state index in [1.54, 1.807) is 0 Å². The average Bonchev–Trinajstić information content (AvgIpc) is 2.53. The van der Waals surface area contributed by atoms with Crippen molar-refractivity contribution >= 4 is 0 Å². The van der Waals surface area contributed by atoms with E-state index in [0.717, 1.165) is 17.9 Å². The SMILES string of the molecule is OCCCc1nccc(-c2ccc3c(c2)CCCC3)n1. The van der Waals surface area contributed by atoms with Gasteiger partial charge in [-0.1, -0.05) is 12.1 Å². The molecule has 1 aliphatic carbocycles. The van der Waals surface area contributed by atoms with Gasteiger partial charge in [-0.2, -0.15) is 0 Å². The number of nitrogens with zero attached hydrogens (tertiary/aromatic N) is 2. The number of aliphatic hydroxyl groups is 1. The maximum atomic E-state index is 8.89. The van der Waals surface area contributed by atoms with Gasteiger partial charge < -0.3 is 5.11 Å². The zero-order valence-corrected chi connectivity index (χ0v) is 11.7. The molecule has 1 aromatic carbocycles. The molecular formula is C17H20N2O. The predicted octanol–water partition coefficient (Wildman–Crippen LogP) is 2.95. The van der Waals surface area contributed by atoms with E-state index < -0.39 is 0 Å². The molecule has 1 heterocycles. The summed E-state index contributed by atoms with van der Waals surface area (Å²) in [6, 6.07) is 8.67. The Labute approximate surface area is 119 Å². The van der Waals surface area contributed by atoms with Crippen LogP contribution < -0.4 is 0 Å². The summed E-state index contributed by atoms with van der Waals surface area (Å²) in [4.78, 5) is 8.87. The van der Waals surface area contributed by atoms with E-state index in [0.29, 0.717) is 6.42 Å². The van der Waals surface area contributed by atoms with Crippen molar-refractivity contribution in [3.8, 4) is 11.3 Å². The first-order valence-corrected chi connectivity index (χ1v) is 7.42. The maximum Gasteiger partial charge on any atom is 0.129 e. The minimum atomic E-state index is 0.187. The monoisotopic (exact) mass is 268 g/mol. The van der Waals surface area contributed by atoms with Crippen LogP contribution in [0.15, 0.2) is 30.5 Å². The van der Waals surface area contributed by atoms with Crippen LogP contribution in [0.3, 0.4) is 0 Å². The van der Waals surface area contributed by atoms with Crippen LogP contribution >= 0.6 is 0 Å². The summed E-state index contributed by atoms with van der Waals surface area (Å²) in [6.07, 6.45) is 8.26. The summed E-state index contributed by atoms with van der Waals surface area (Å²) in [5, 5.41) is 8.89. The van der Waals surface area contributed by atoms with Gasteiger partial charge in [-0.05, 0) is 55.4 Å². The molecule has 3 nitrogen and oxygen atoms in total. The summed E-state index contributed by atoms with van der Waals surface area (Å²) in [5.74, 6) is 0.814. The smallest absolute Gasteiger partial charge is 0.129 e. The molecule has 0 amide bonds. The Bertz CT molecular complexity index is 595.